The number of hydrogen-bond acceptors (Lipinski definition) is 2. The maximum Gasteiger partial charge on any atom is 0.0640 e. The monoisotopic (exact) mass is 348 g/mol. The second kappa shape index (κ2) is 7.33. The molecule has 0 amide bonds. The van der Waals surface area contributed by atoms with Gasteiger partial charge >= 0.3 is 0 Å². The smallest absolute Gasteiger partial charge is 0.0640 e. The van der Waals surface area contributed by atoms with Crippen LogP contribution in [0.5, 0.6) is 0 Å². The Balaban J connectivity index is 2.22. The van der Waals surface area contributed by atoms with Gasteiger partial charge < -0.3 is 4.90 Å². The molecule has 0 aromatic heterocycles. The second-order valence-electron chi connectivity index (χ2n) is 4.40. The molecule has 2 nitrogen and oxygen atoms in total. The number of anilines is 1. The fourth-order valence-electron chi connectivity index (χ4n) is 1.98. The molecule has 0 fully saturated rings. The fourth-order valence-corrected chi connectivity index (χ4v) is 2.71. The van der Waals surface area contributed by atoms with Crippen molar-refractivity contribution in [3.8, 4) is 6.07 Å². The SMILES string of the molecule is N#CCCN(Cc1ccc(Br)cc1Cl)c1ccccc1. The molecule has 0 N–H and O–H groups in total. The molecule has 0 heterocycles. The molecule has 0 spiro atoms. The summed E-state index contributed by atoms with van der Waals surface area (Å²) in [4.78, 5) is 2.17. The molecule has 0 saturated heterocycles. The molecule has 0 bridgehead atoms. The lowest BCUT2D eigenvalue weighted by Crippen LogP contribution is -2.23. The molecular weight excluding hydrogens is 336 g/mol. The van der Waals surface area contributed by atoms with Gasteiger partial charge in [0.2, 0.25) is 0 Å². The summed E-state index contributed by atoms with van der Waals surface area (Å²) in [7, 11) is 0. The van der Waals surface area contributed by atoms with E-state index in [0.29, 0.717) is 19.5 Å². The lowest BCUT2D eigenvalue weighted by atomic mass is 10.2. The predicted molar refractivity (Wildman–Crippen MR) is 86.9 cm³/mol. The van der Waals surface area contributed by atoms with Crippen molar-refractivity contribution < 1.29 is 0 Å². The van der Waals surface area contributed by atoms with Crippen molar-refractivity contribution in [1.82, 2.24) is 0 Å². The van der Waals surface area contributed by atoms with Crippen molar-refractivity contribution >= 4 is 33.2 Å². The molecule has 0 unspecified atom stereocenters. The third-order valence-corrected chi connectivity index (χ3v) is 3.84. The molecule has 0 atom stereocenters. The van der Waals surface area contributed by atoms with Crippen molar-refractivity contribution in [2.24, 2.45) is 0 Å². The zero-order chi connectivity index (χ0) is 14.4. The third kappa shape index (κ3) is 4.00. The number of para-hydroxylation sites is 1. The van der Waals surface area contributed by atoms with E-state index in [9.17, 15) is 0 Å². The Morgan fingerprint density at radius 3 is 2.55 bits per heavy atom. The molecule has 102 valence electrons. The second-order valence-corrected chi connectivity index (χ2v) is 5.72. The average molecular weight is 350 g/mol. The Kier molecular flexibility index (Phi) is 5.46. The lowest BCUT2D eigenvalue weighted by molar-refractivity contribution is 0.798. The minimum absolute atomic E-state index is 0.489. The van der Waals surface area contributed by atoms with Crippen LogP contribution in [-0.4, -0.2) is 6.54 Å². The van der Waals surface area contributed by atoms with E-state index in [1.165, 1.54) is 0 Å². The fraction of sp³-hybridized carbons (Fsp3) is 0.188. The summed E-state index contributed by atoms with van der Waals surface area (Å²) in [5.74, 6) is 0. The van der Waals surface area contributed by atoms with Crippen molar-refractivity contribution in [3.63, 3.8) is 0 Å². The molecule has 0 radical (unpaired) electrons. The summed E-state index contributed by atoms with van der Waals surface area (Å²) in [5.41, 5.74) is 2.15. The molecule has 0 aliphatic rings. The van der Waals surface area contributed by atoms with Gasteiger partial charge in [0, 0.05) is 28.3 Å². The van der Waals surface area contributed by atoms with E-state index in [1.807, 2.05) is 48.5 Å². The van der Waals surface area contributed by atoms with Crippen molar-refractivity contribution in [3.05, 3.63) is 63.6 Å². The number of hydrogen-bond donors (Lipinski definition) is 0. The molecular formula is C16H14BrClN2. The first kappa shape index (κ1) is 14.9. The molecule has 20 heavy (non-hydrogen) atoms. The zero-order valence-corrected chi connectivity index (χ0v) is 13.2. The van der Waals surface area contributed by atoms with Crippen LogP contribution in [0.2, 0.25) is 5.02 Å². The van der Waals surface area contributed by atoms with Gasteiger partial charge in [0.15, 0.2) is 0 Å². The molecule has 2 aromatic rings. The largest absolute Gasteiger partial charge is 0.366 e. The molecule has 2 aromatic carbocycles. The molecule has 2 rings (SSSR count). The van der Waals surface area contributed by atoms with Crippen LogP contribution in [0, 0.1) is 11.3 Å². The Bertz CT molecular complexity index is 608. The van der Waals surface area contributed by atoms with E-state index in [-0.39, 0.29) is 0 Å². The number of benzene rings is 2. The van der Waals surface area contributed by atoms with Gasteiger partial charge in [-0.25, -0.2) is 0 Å². The van der Waals surface area contributed by atoms with Crippen LogP contribution in [0.15, 0.2) is 53.0 Å². The van der Waals surface area contributed by atoms with Crippen LogP contribution in [0.3, 0.4) is 0 Å². The van der Waals surface area contributed by atoms with E-state index in [1.54, 1.807) is 0 Å². The Hall–Kier alpha value is -1.50. The summed E-state index contributed by atoms with van der Waals surface area (Å²) in [6.07, 6.45) is 0.489. The lowest BCUT2D eigenvalue weighted by Gasteiger charge is -2.24. The quantitative estimate of drug-likeness (QED) is 0.757. The molecule has 0 saturated carbocycles. The standard InChI is InChI=1S/C16H14BrClN2/c17-14-8-7-13(16(18)11-14)12-20(10-4-9-19)15-5-2-1-3-6-15/h1-3,5-8,11H,4,10,12H2. The Labute approximate surface area is 132 Å². The highest BCUT2D eigenvalue weighted by Crippen LogP contribution is 2.25. The van der Waals surface area contributed by atoms with E-state index >= 15 is 0 Å². The summed E-state index contributed by atoms with van der Waals surface area (Å²) in [6.45, 7) is 1.38. The van der Waals surface area contributed by atoms with Gasteiger partial charge in [-0.1, -0.05) is 51.8 Å². The van der Waals surface area contributed by atoms with Crippen LogP contribution in [0.1, 0.15) is 12.0 Å². The predicted octanol–water partition coefficient (Wildman–Crippen LogP) is 5.02. The van der Waals surface area contributed by atoms with Crippen molar-refractivity contribution in [2.45, 2.75) is 13.0 Å². The van der Waals surface area contributed by atoms with Gasteiger partial charge in [-0.15, -0.1) is 0 Å². The summed E-state index contributed by atoms with van der Waals surface area (Å²) < 4.78 is 0.967. The maximum atomic E-state index is 8.81. The van der Waals surface area contributed by atoms with Crippen LogP contribution in [-0.2, 0) is 6.54 Å². The minimum atomic E-state index is 0.489. The molecule has 4 heteroatoms. The van der Waals surface area contributed by atoms with Crippen LogP contribution >= 0.6 is 27.5 Å². The van der Waals surface area contributed by atoms with Crippen LogP contribution < -0.4 is 4.90 Å². The first-order chi connectivity index (χ1) is 9.70. The topological polar surface area (TPSA) is 27.0 Å². The highest BCUT2D eigenvalue weighted by atomic mass is 79.9. The van der Waals surface area contributed by atoms with Gasteiger partial charge in [0.05, 0.1) is 12.5 Å². The summed E-state index contributed by atoms with van der Waals surface area (Å²) in [5, 5.41) is 9.54. The average Bonchev–Trinajstić information content (AvgIpc) is 2.46. The first-order valence-corrected chi connectivity index (χ1v) is 7.48. The first-order valence-electron chi connectivity index (χ1n) is 6.31. The van der Waals surface area contributed by atoms with Gasteiger partial charge in [-0.05, 0) is 29.8 Å². The number of rotatable bonds is 5. The van der Waals surface area contributed by atoms with Gasteiger partial charge in [-0.2, -0.15) is 5.26 Å². The van der Waals surface area contributed by atoms with Crippen molar-refractivity contribution in [1.29, 1.82) is 5.26 Å². The highest BCUT2D eigenvalue weighted by molar-refractivity contribution is 9.10. The Morgan fingerprint density at radius 2 is 1.90 bits per heavy atom. The van der Waals surface area contributed by atoms with E-state index in [0.717, 1.165) is 20.7 Å². The highest BCUT2D eigenvalue weighted by Gasteiger charge is 2.09. The molecule has 0 aliphatic carbocycles. The third-order valence-electron chi connectivity index (χ3n) is 2.99. The summed E-state index contributed by atoms with van der Waals surface area (Å²) in [6, 6.07) is 18.2. The van der Waals surface area contributed by atoms with Gasteiger partial charge in [-0.3, -0.25) is 0 Å². The van der Waals surface area contributed by atoms with Gasteiger partial charge in [0.25, 0.3) is 0 Å². The normalized spacial score (nSPS) is 10.1. The van der Waals surface area contributed by atoms with Crippen LogP contribution in [0.4, 0.5) is 5.69 Å². The minimum Gasteiger partial charge on any atom is -0.366 e. The van der Waals surface area contributed by atoms with E-state index in [2.05, 4.69) is 26.9 Å². The Morgan fingerprint density at radius 1 is 1.15 bits per heavy atom. The van der Waals surface area contributed by atoms with E-state index < -0.39 is 0 Å². The van der Waals surface area contributed by atoms with E-state index in [4.69, 9.17) is 16.9 Å². The number of halogens is 2. The summed E-state index contributed by atoms with van der Waals surface area (Å²) >= 11 is 9.68. The molecule has 0 aliphatic heterocycles. The number of nitrogens with zero attached hydrogens (tertiary/aromatic N) is 2. The van der Waals surface area contributed by atoms with Crippen LogP contribution in [0.25, 0.3) is 0 Å². The van der Waals surface area contributed by atoms with Crippen molar-refractivity contribution in [2.75, 3.05) is 11.4 Å². The maximum absolute atomic E-state index is 8.81. The number of nitriles is 1. The van der Waals surface area contributed by atoms with Gasteiger partial charge in [0.1, 0.15) is 0 Å². The zero-order valence-electron chi connectivity index (χ0n) is 10.9.